The first kappa shape index (κ1) is 20.0. The zero-order valence-corrected chi connectivity index (χ0v) is 17.5. The van der Waals surface area contributed by atoms with Gasteiger partial charge in [0.25, 0.3) is 0 Å². The quantitative estimate of drug-likeness (QED) is 0.464. The number of thiocarbonyl (C=S) groups is 1. The van der Waals surface area contributed by atoms with Crippen LogP contribution in [0.1, 0.15) is 36.3 Å². The van der Waals surface area contributed by atoms with E-state index in [0.29, 0.717) is 24.5 Å². The Hall–Kier alpha value is -3.26. The van der Waals surface area contributed by atoms with Crippen molar-refractivity contribution < 1.29 is 9.53 Å². The van der Waals surface area contributed by atoms with Crippen molar-refractivity contribution in [1.29, 1.82) is 0 Å². The van der Waals surface area contributed by atoms with Gasteiger partial charge in [-0.2, -0.15) is 0 Å². The van der Waals surface area contributed by atoms with Crippen LogP contribution < -0.4 is 5.32 Å². The maximum absolute atomic E-state index is 11.6. The van der Waals surface area contributed by atoms with E-state index >= 15 is 0 Å². The van der Waals surface area contributed by atoms with Crippen molar-refractivity contribution in [2.24, 2.45) is 0 Å². The molecule has 1 aliphatic rings. The Kier molecular flexibility index (Phi) is 6.04. The van der Waals surface area contributed by atoms with Crippen LogP contribution in [0.15, 0.2) is 67.3 Å². The zero-order chi connectivity index (χ0) is 20.9. The molecule has 1 aliphatic heterocycles. The summed E-state index contributed by atoms with van der Waals surface area (Å²) in [5.74, 6) is -0.218. The number of pyridine rings is 2. The lowest BCUT2D eigenvalue weighted by Gasteiger charge is -2.28. The molecule has 3 aromatic heterocycles. The Balaban J connectivity index is 1.70. The Bertz CT molecular complexity index is 1010. The molecule has 30 heavy (non-hydrogen) atoms. The fourth-order valence-corrected chi connectivity index (χ4v) is 4.16. The van der Waals surface area contributed by atoms with E-state index < -0.39 is 0 Å². The lowest BCUT2D eigenvalue weighted by molar-refractivity contribution is -0.140. The third-order valence-electron chi connectivity index (χ3n) is 5.21. The van der Waals surface area contributed by atoms with Gasteiger partial charge in [0, 0.05) is 37.3 Å². The number of rotatable bonds is 7. The van der Waals surface area contributed by atoms with Gasteiger partial charge in [-0.1, -0.05) is 6.07 Å². The minimum atomic E-state index is -0.218. The fraction of sp³-hybridized carbons (Fsp3) is 0.273. The summed E-state index contributed by atoms with van der Waals surface area (Å²) in [5, 5.41) is 4.09. The van der Waals surface area contributed by atoms with Gasteiger partial charge in [-0.25, -0.2) is 0 Å². The molecule has 0 amide bonds. The number of esters is 1. The van der Waals surface area contributed by atoms with Gasteiger partial charge in [-0.15, -0.1) is 0 Å². The van der Waals surface area contributed by atoms with Crippen LogP contribution in [-0.4, -0.2) is 44.2 Å². The highest BCUT2D eigenvalue weighted by molar-refractivity contribution is 7.80. The monoisotopic (exact) mass is 421 g/mol. The minimum Gasteiger partial charge on any atom is -0.469 e. The van der Waals surface area contributed by atoms with E-state index in [1.165, 1.54) is 7.11 Å². The van der Waals surface area contributed by atoms with Crippen molar-refractivity contribution in [2.75, 3.05) is 13.7 Å². The number of hydrogen-bond donors (Lipinski definition) is 1. The summed E-state index contributed by atoms with van der Waals surface area (Å²) in [6.45, 7) is 0.632. The number of carbonyl (C=O) groups excluding carboxylic acids is 1. The van der Waals surface area contributed by atoms with Crippen molar-refractivity contribution in [3.05, 3.63) is 78.6 Å². The van der Waals surface area contributed by atoms with Gasteiger partial charge in [0.1, 0.15) is 0 Å². The van der Waals surface area contributed by atoms with E-state index in [1.807, 2.05) is 48.8 Å². The highest BCUT2D eigenvalue weighted by Gasteiger charge is 2.41. The van der Waals surface area contributed by atoms with Gasteiger partial charge >= 0.3 is 5.97 Å². The van der Waals surface area contributed by atoms with Gasteiger partial charge in [0.05, 0.1) is 36.8 Å². The molecule has 0 unspecified atom stereocenters. The largest absolute Gasteiger partial charge is 0.469 e. The third kappa shape index (κ3) is 4.04. The van der Waals surface area contributed by atoms with Gasteiger partial charge in [-0.3, -0.25) is 14.8 Å². The Morgan fingerprint density at radius 2 is 2.10 bits per heavy atom. The second kappa shape index (κ2) is 9.04. The van der Waals surface area contributed by atoms with Crippen LogP contribution in [0.5, 0.6) is 0 Å². The molecule has 0 saturated carbocycles. The van der Waals surface area contributed by atoms with Crippen LogP contribution in [-0.2, 0) is 9.53 Å². The summed E-state index contributed by atoms with van der Waals surface area (Å²) in [7, 11) is 1.41. The van der Waals surface area contributed by atoms with E-state index in [-0.39, 0.29) is 18.1 Å². The molecule has 8 heteroatoms. The zero-order valence-electron chi connectivity index (χ0n) is 16.6. The molecule has 0 aromatic carbocycles. The summed E-state index contributed by atoms with van der Waals surface area (Å²) in [6, 6.07) is 13.7. The molecular formula is C22H23N5O2S. The molecule has 1 N–H and O–H groups in total. The Morgan fingerprint density at radius 3 is 2.83 bits per heavy atom. The molecule has 3 aromatic rings. The minimum absolute atomic E-state index is 0.0831. The molecule has 0 spiro atoms. The standard InChI is InChI=1S/C22H23N5O2S/c1-29-19(28)10-6-14-27-21(20(25-22(27)30)17-8-2-3-12-24-17)18-9-5-13-26(18)16-7-4-11-23-15-16/h2-5,7-9,11-13,15,20-21H,6,10,14H2,1H3,(H,25,30)/t20-,21-/m1/s1. The van der Waals surface area contributed by atoms with Crippen LogP contribution in [0.3, 0.4) is 0 Å². The highest BCUT2D eigenvalue weighted by Crippen LogP contribution is 2.39. The number of hydrogen-bond acceptors (Lipinski definition) is 5. The molecule has 0 radical (unpaired) electrons. The van der Waals surface area contributed by atoms with E-state index in [2.05, 4.69) is 30.8 Å². The Morgan fingerprint density at radius 1 is 1.20 bits per heavy atom. The van der Waals surface area contributed by atoms with Crippen molar-refractivity contribution in [1.82, 2.24) is 24.8 Å². The number of aromatic nitrogens is 3. The first-order chi connectivity index (χ1) is 14.7. The lowest BCUT2D eigenvalue weighted by Crippen LogP contribution is -2.31. The second-order valence-corrected chi connectivity index (χ2v) is 7.40. The molecule has 1 saturated heterocycles. The van der Waals surface area contributed by atoms with Crippen LogP contribution in [0.25, 0.3) is 5.69 Å². The summed E-state index contributed by atoms with van der Waals surface area (Å²) >= 11 is 5.69. The molecule has 4 heterocycles. The predicted molar refractivity (Wildman–Crippen MR) is 117 cm³/mol. The van der Waals surface area contributed by atoms with E-state index in [4.69, 9.17) is 17.0 Å². The summed E-state index contributed by atoms with van der Waals surface area (Å²) in [5.41, 5.74) is 2.97. The normalized spacial score (nSPS) is 18.3. The maximum atomic E-state index is 11.6. The molecule has 0 bridgehead atoms. The highest BCUT2D eigenvalue weighted by atomic mass is 32.1. The number of ether oxygens (including phenoxy) is 1. The lowest BCUT2D eigenvalue weighted by atomic mass is 10.0. The average molecular weight is 422 g/mol. The molecule has 0 aliphatic carbocycles. The van der Waals surface area contributed by atoms with Crippen LogP contribution in [0.4, 0.5) is 0 Å². The van der Waals surface area contributed by atoms with Crippen LogP contribution in [0.2, 0.25) is 0 Å². The van der Waals surface area contributed by atoms with Crippen LogP contribution >= 0.6 is 12.2 Å². The van der Waals surface area contributed by atoms with E-state index in [9.17, 15) is 4.79 Å². The SMILES string of the molecule is COC(=O)CCCN1C(=S)N[C@H](c2ccccn2)[C@H]1c1cccn1-c1cccnc1. The molecular weight excluding hydrogens is 398 g/mol. The van der Waals surface area contributed by atoms with Gasteiger partial charge in [0.2, 0.25) is 0 Å². The second-order valence-electron chi connectivity index (χ2n) is 7.01. The average Bonchev–Trinajstić information content (AvgIpc) is 3.39. The molecule has 154 valence electrons. The van der Waals surface area contributed by atoms with Crippen molar-refractivity contribution in [3.8, 4) is 5.69 Å². The summed E-state index contributed by atoms with van der Waals surface area (Å²) < 4.78 is 6.90. The smallest absolute Gasteiger partial charge is 0.305 e. The first-order valence-corrected chi connectivity index (χ1v) is 10.2. The van der Waals surface area contributed by atoms with Crippen molar-refractivity contribution in [2.45, 2.75) is 24.9 Å². The van der Waals surface area contributed by atoms with E-state index in [1.54, 1.807) is 12.4 Å². The number of carbonyl (C=O) groups is 1. The van der Waals surface area contributed by atoms with E-state index in [0.717, 1.165) is 17.1 Å². The molecule has 4 rings (SSSR count). The number of nitrogens with zero attached hydrogens (tertiary/aromatic N) is 4. The molecule has 2 atom stereocenters. The van der Waals surface area contributed by atoms with Gasteiger partial charge in [-0.05, 0) is 55.0 Å². The fourth-order valence-electron chi connectivity index (χ4n) is 3.83. The molecule has 7 nitrogen and oxygen atoms in total. The van der Waals surface area contributed by atoms with Crippen LogP contribution in [0, 0.1) is 0 Å². The number of nitrogens with one attached hydrogen (secondary N) is 1. The van der Waals surface area contributed by atoms with Crippen molar-refractivity contribution >= 4 is 23.3 Å². The number of methoxy groups -OCH3 is 1. The summed E-state index contributed by atoms with van der Waals surface area (Å²) in [6.07, 6.45) is 8.40. The summed E-state index contributed by atoms with van der Waals surface area (Å²) in [4.78, 5) is 22.6. The van der Waals surface area contributed by atoms with Gasteiger partial charge < -0.3 is 19.5 Å². The van der Waals surface area contributed by atoms with Gasteiger partial charge in [0.15, 0.2) is 5.11 Å². The Labute approximate surface area is 180 Å². The van der Waals surface area contributed by atoms with Crippen molar-refractivity contribution in [3.63, 3.8) is 0 Å². The predicted octanol–water partition coefficient (Wildman–Crippen LogP) is 3.19. The molecule has 1 fully saturated rings. The third-order valence-corrected chi connectivity index (χ3v) is 5.57. The topological polar surface area (TPSA) is 72.3 Å². The maximum Gasteiger partial charge on any atom is 0.305 e. The first-order valence-electron chi connectivity index (χ1n) is 9.81.